The molecular weight excluding hydrogens is 278 g/mol. The van der Waals surface area contributed by atoms with Crippen molar-refractivity contribution in [1.29, 1.82) is 0 Å². The van der Waals surface area contributed by atoms with E-state index in [-0.39, 0.29) is 6.07 Å². The van der Waals surface area contributed by atoms with Gasteiger partial charge in [0.25, 0.3) is 0 Å². The second-order valence-electron chi connectivity index (χ2n) is 3.00. The number of sulfonamides is 1. The van der Waals surface area contributed by atoms with Crippen molar-refractivity contribution in [2.45, 2.75) is 4.90 Å². The molecular formula is C7H4F2N2O6S. The third-order valence-corrected chi connectivity index (χ3v) is 2.78. The van der Waals surface area contributed by atoms with Crippen molar-refractivity contribution in [3.63, 3.8) is 0 Å². The molecule has 0 aliphatic heterocycles. The molecule has 3 N–H and O–H groups in total. The molecule has 0 aromatic heterocycles. The van der Waals surface area contributed by atoms with Crippen LogP contribution in [0.25, 0.3) is 0 Å². The highest BCUT2D eigenvalue weighted by atomic mass is 32.2. The molecule has 0 atom stereocenters. The maximum absolute atomic E-state index is 13.4. The SMILES string of the molecule is NS(=O)(=O)c1cc([N+](=O)[O-])c(F)c(C(=O)O)c1F. The normalized spacial score (nSPS) is 11.3. The van der Waals surface area contributed by atoms with E-state index in [9.17, 15) is 32.1 Å². The number of aromatic carboxylic acids is 1. The van der Waals surface area contributed by atoms with Crippen molar-refractivity contribution in [3.8, 4) is 0 Å². The number of hydrogen-bond donors (Lipinski definition) is 2. The number of rotatable bonds is 3. The zero-order valence-corrected chi connectivity index (χ0v) is 9.07. The Balaban J connectivity index is 3.90. The standard InChI is InChI=1S/C7H4F2N2O6S/c8-5-2(11(14)15)1-3(18(10,16)17)6(9)4(5)7(12)13/h1H,(H,12,13)(H2,10,16,17). The molecule has 18 heavy (non-hydrogen) atoms. The van der Waals surface area contributed by atoms with E-state index < -0.39 is 48.7 Å². The monoisotopic (exact) mass is 282 g/mol. The van der Waals surface area contributed by atoms with E-state index in [4.69, 9.17) is 5.11 Å². The Labute approximate surface area is 97.8 Å². The van der Waals surface area contributed by atoms with Crippen molar-refractivity contribution in [2.75, 3.05) is 0 Å². The van der Waals surface area contributed by atoms with E-state index in [0.717, 1.165) is 0 Å². The number of carbonyl (C=O) groups is 1. The van der Waals surface area contributed by atoms with E-state index in [1.807, 2.05) is 0 Å². The molecule has 1 aromatic carbocycles. The summed E-state index contributed by atoms with van der Waals surface area (Å²) >= 11 is 0. The third-order valence-electron chi connectivity index (χ3n) is 1.87. The minimum atomic E-state index is -4.77. The summed E-state index contributed by atoms with van der Waals surface area (Å²) in [7, 11) is -4.77. The smallest absolute Gasteiger partial charge is 0.342 e. The Morgan fingerprint density at radius 2 is 1.89 bits per heavy atom. The highest BCUT2D eigenvalue weighted by Gasteiger charge is 2.32. The molecule has 0 fully saturated rings. The summed E-state index contributed by atoms with van der Waals surface area (Å²) in [6, 6.07) is 0.0203. The van der Waals surface area contributed by atoms with Crippen LogP contribution in [0.4, 0.5) is 14.5 Å². The average Bonchev–Trinajstić information content (AvgIpc) is 2.13. The number of nitrogens with zero attached hydrogens (tertiary/aromatic N) is 1. The van der Waals surface area contributed by atoms with Gasteiger partial charge in [0.2, 0.25) is 15.8 Å². The predicted octanol–water partition coefficient (Wildman–Crippen LogP) is 0.219. The summed E-state index contributed by atoms with van der Waals surface area (Å²) in [4.78, 5) is 18.1. The van der Waals surface area contributed by atoms with Crippen LogP contribution in [0.2, 0.25) is 0 Å². The second-order valence-corrected chi connectivity index (χ2v) is 4.53. The number of nitro groups is 1. The fourth-order valence-corrected chi connectivity index (χ4v) is 1.75. The Morgan fingerprint density at radius 1 is 1.39 bits per heavy atom. The highest BCUT2D eigenvalue weighted by molar-refractivity contribution is 7.89. The van der Waals surface area contributed by atoms with Crippen molar-refractivity contribution < 1.29 is 32.0 Å². The van der Waals surface area contributed by atoms with Crippen LogP contribution >= 0.6 is 0 Å². The van der Waals surface area contributed by atoms with Crippen molar-refractivity contribution >= 4 is 21.7 Å². The van der Waals surface area contributed by atoms with Crippen LogP contribution in [0.5, 0.6) is 0 Å². The summed E-state index contributed by atoms with van der Waals surface area (Å²) in [5.41, 5.74) is -3.26. The van der Waals surface area contributed by atoms with Gasteiger partial charge in [-0.3, -0.25) is 10.1 Å². The minimum absolute atomic E-state index is 0.0203. The number of benzene rings is 1. The van der Waals surface area contributed by atoms with Crippen LogP contribution in [0.15, 0.2) is 11.0 Å². The van der Waals surface area contributed by atoms with Crippen LogP contribution in [0, 0.1) is 21.7 Å². The van der Waals surface area contributed by atoms with Gasteiger partial charge in [-0.2, -0.15) is 4.39 Å². The van der Waals surface area contributed by atoms with Gasteiger partial charge in [0.15, 0.2) is 5.82 Å². The first-order chi connectivity index (χ1) is 8.07. The molecule has 0 bridgehead atoms. The average molecular weight is 282 g/mol. The first-order valence-electron chi connectivity index (χ1n) is 3.99. The number of halogens is 2. The highest BCUT2D eigenvalue weighted by Crippen LogP contribution is 2.28. The van der Waals surface area contributed by atoms with Crippen LogP contribution in [0.1, 0.15) is 10.4 Å². The van der Waals surface area contributed by atoms with Crippen molar-refractivity contribution in [3.05, 3.63) is 33.4 Å². The molecule has 0 amide bonds. The van der Waals surface area contributed by atoms with Gasteiger partial charge >= 0.3 is 11.7 Å². The van der Waals surface area contributed by atoms with Crippen molar-refractivity contribution in [1.82, 2.24) is 0 Å². The number of nitro benzene ring substituents is 1. The van der Waals surface area contributed by atoms with Gasteiger partial charge in [-0.25, -0.2) is 22.7 Å². The third kappa shape index (κ3) is 2.26. The molecule has 1 aromatic rings. The molecule has 0 aliphatic carbocycles. The number of nitrogens with two attached hydrogens (primary N) is 1. The van der Waals surface area contributed by atoms with Gasteiger partial charge in [-0.15, -0.1) is 0 Å². The van der Waals surface area contributed by atoms with E-state index in [1.165, 1.54) is 0 Å². The fraction of sp³-hybridized carbons (Fsp3) is 0. The first-order valence-corrected chi connectivity index (χ1v) is 5.54. The quantitative estimate of drug-likeness (QED) is 0.600. The Kier molecular flexibility index (Phi) is 3.30. The molecule has 0 radical (unpaired) electrons. The van der Waals surface area contributed by atoms with Gasteiger partial charge in [-0.05, 0) is 0 Å². The van der Waals surface area contributed by atoms with Crippen molar-refractivity contribution in [2.24, 2.45) is 5.14 Å². The van der Waals surface area contributed by atoms with E-state index in [1.54, 1.807) is 0 Å². The lowest BCUT2D eigenvalue weighted by Crippen LogP contribution is -2.18. The lowest BCUT2D eigenvalue weighted by Gasteiger charge is -2.05. The summed E-state index contributed by atoms with van der Waals surface area (Å²) in [6.07, 6.45) is 0. The molecule has 0 saturated heterocycles. The lowest BCUT2D eigenvalue weighted by molar-refractivity contribution is -0.387. The summed E-state index contributed by atoms with van der Waals surface area (Å²) < 4.78 is 48.6. The maximum atomic E-state index is 13.4. The molecule has 1 rings (SSSR count). The Bertz CT molecular complexity index is 656. The van der Waals surface area contributed by atoms with Gasteiger partial charge in [-0.1, -0.05) is 0 Å². The summed E-state index contributed by atoms with van der Waals surface area (Å²) in [5, 5.41) is 23.4. The summed E-state index contributed by atoms with van der Waals surface area (Å²) in [6.45, 7) is 0. The molecule has 98 valence electrons. The van der Waals surface area contributed by atoms with Crippen LogP contribution in [-0.4, -0.2) is 24.4 Å². The van der Waals surface area contributed by atoms with Gasteiger partial charge in [0.05, 0.1) is 4.92 Å². The fourth-order valence-electron chi connectivity index (χ4n) is 1.13. The number of primary sulfonamides is 1. The van der Waals surface area contributed by atoms with E-state index >= 15 is 0 Å². The molecule has 0 unspecified atom stereocenters. The summed E-state index contributed by atoms with van der Waals surface area (Å²) in [5.74, 6) is -6.18. The van der Waals surface area contributed by atoms with Crippen LogP contribution in [0.3, 0.4) is 0 Å². The minimum Gasteiger partial charge on any atom is -0.477 e. The Morgan fingerprint density at radius 3 is 2.22 bits per heavy atom. The number of carboxylic acids is 1. The van der Waals surface area contributed by atoms with E-state index in [0.29, 0.717) is 0 Å². The first kappa shape index (κ1) is 13.9. The van der Waals surface area contributed by atoms with Crippen LogP contribution in [-0.2, 0) is 10.0 Å². The number of carboxylic acid groups (broad SMARTS) is 1. The molecule has 0 aliphatic rings. The van der Waals surface area contributed by atoms with Crippen LogP contribution < -0.4 is 5.14 Å². The molecule has 0 saturated carbocycles. The largest absolute Gasteiger partial charge is 0.477 e. The zero-order chi connectivity index (χ0) is 14.2. The zero-order valence-electron chi connectivity index (χ0n) is 8.25. The lowest BCUT2D eigenvalue weighted by atomic mass is 10.1. The molecule has 11 heteroatoms. The van der Waals surface area contributed by atoms with Gasteiger partial charge < -0.3 is 5.11 Å². The van der Waals surface area contributed by atoms with Gasteiger partial charge in [0, 0.05) is 6.07 Å². The predicted molar refractivity (Wildman–Crippen MR) is 51.3 cm³/mol. The Hall–Kier alpha value is -2.14. The molecule has 0 spiro atoms. The van der Waals surface area contributed by atoms with Gasteiger partial charge in [0.1, 0.15) is 10.5 Å². The number of hydrogen-bond acceptors (Lipinski definition) is 5. The second kappa shape index (κ2) is 4.27. The maximum Gasteiger partial charge on any atom is 0.342 e. The molecule has 0 heterocycles. The van der Waals surface area contributed by atoms with E-state index in [2.05, 4.69) is 5.14 Å². The topological polar surface area (TPSA) is 141 Å². The molecule has 8 nitrogen and oxygen atoms in total.